The second-order valence-corrected chi connectivity index (χ2v) is 5.00. The number of benzene rings is 2. The van der Waals surface area contributed by atoms with E-state index in [2.05, 4.69) is 0 Å². The topological polar surface area (TPSA) is 52.0 Å². The van der Waals surface area contributed by atoms with Crippen LogP contribution in [0.1, 0.15) is 0 Å². The van der Waals surface area contributed by atoms with Crippen LogP contribution >= 0.6 is 46.4 Å². The third-order valence-electron chi connectivity index (χ3n) is 1.91. The minimum atomic E-state index is 0.497. The maximum Gasteiger partial charge on any atom is 0.0650 e. The average molecular weight is 324 g/mol. The molecule has 0 heterocycles. The molecule has 18 heavy (non-hydrogen) atoms. The average Bonchev–Trinajstić information content (AvgIpc) is 2.30. The van der Waals surface area contributed by atoms with Crippen molar-refractivity contribution >= 4 is 57.8 Å². The van der Waals surface area contributed by atoms with Crippen LogP contribution in [0.25, 0.3) is 0 Å². The predicted molar refractivity (Wildman–Crippen MR) is 81.7 cm³/mol. The Morgan fingerprint density at radius 2 is 1.33 bits per heavy atom. The van der Waals surface area contributed by atoms with E-state index in [1.165, 1.54) is 0 Å². The van der Waals surface area contributed by atoms with E-state index in [1.807, 2.05) is 0 Å². The fourth-order valence-corrected chi connectivity index (χ4v) is 1.73. The quantitative estimate of drug-likeness (QED) is 0.658. The highest BCUT2D eigenvalue weighted by Gasteiger charge is 1.94. The van der Waals surface area contributed by atoms with Gasteiger partial charge in [0.15, 0.2) is 0 Å². The molecule has 0 bridgehead atoms. The minimum Gasteiger partial charge on any atom is -0.399 e. The summed E-state index contributed by atoms with van der Waals surface area (Å²) < 4.78 is 0. The Hall–Kier alpha value is -0.800. The fourth-order valence-electron chi connectivity index (χ4n) is 1.01. The van der Waals surface area contributed by atoms with E-state index < -0.39 is 0 Å². The van der Waals surface area contributed by atoms with Crippen molar-refractivity contribution in [3.63, 3.8) is 0 Å². The monoisotopic (exact) mass is 322 g/mol. The van der Waals surface area contributed by atoms with Gasteiger partial charge in [-0.15, -0.1) is 0 Å². The number of nitrogen functional groups attached to an aromatic ring is 2. The molecule has 0 unspecified atom stereocenters. The smallest absolute Gasteiger partial charge is 0.0650 e. The van der Waals surface area contributed by atoms with E-state index in [9.17, 15) is 0 Å². The summed E-state index contributed by atoms with van der Waals surface area (Å²) in [5, 5.41) is 2.14. The largest absolute Gasteiger partial charge is 0.399 e. The lowest BCUT2D eigenvalue weighted by atomic mass is 10.3. The van der Waals surface area contributed by atoms with Gasteiger partial charge in [0, 0.05) is 10.7 Å². The lowest BCUT2D eigenvalue weighted by Crippen LogP contribution is -1.83. The van der Waals surface area contributed by atoms with Crippen LogP contribution < -0.4 is 11.5 Å². The lowest BCUT2D eigenvalue weighted by molar-refractivity contribution is 1.68. The van der Waals surface area contributed by atoms with Crippen LogP contribution in [0, 0.1) is 0 Å². The first-order valence-electron chi connectivity index (χ1n) is 4.81. The molecular formula is C12H10Cl4N2. The second-order valence-electron chi connectivity index (χ2n) is 3.34. The molecule has 0 aliphatic heterocycles. The van der Waals surface area contributed by atoms with Crippen molar-refractivity contribution in [2.24, 2.45) is 0 Å². The van der Waals surface area contributed by atoms with Gasteiger partial charge in [0.05, 0.1) is 20.8 Å². The van der Waals surface area contributed by atoms with Gasteiger partial charge in [-0.25, -0.2) is 0 Å². The molecule has 0 aromatic heterocycles. The molecule has 4 N–H and O–H groups in total. The molecule has 0 spiro atoms. The Morgan fingerprint density at radius 1 is 0.667 bits per heavy atom. The first-order valence-corrected chi connectivity index (χ1v) is 6.32. The number of halogens is 4. The number of nitrogens with two attached hydrogens (primary N) is 2. The summed E-state index contributed by atoms with van der Waals surface area (Å²) in [6, 6.07) is 9.96. The normalized spacial score (nSPS) is 9.56. The summed E-state index contributed by atoms with van der Waals surface area (Å²) in [5.41, 5.74) is 12.0. The zero-order valence-electron chi connectivity index (χ0n) is 9.13. The highest BCUT2D eigenvalue weighted by atomic mass is 35.5. The van der Waals surface area contributed by atoms with Crippen LogP contribution in [-0.2, 0) is 0 Å². The predicted octanol–water partition coefficient (Wildman–Crippen LogP) is 5.15. The first kappa shape index (κ1) is 15.3. The van der Waals surface area contributed by atoms with Gasteiger partial charge in [-0.05, 0) is 36.4 Å². The van der Waals surface area contributed by atoms with Crippen LogP contribution in [0.5, 0.6) is 0 Å². The van der Waals surface area contributed by atoms with Gasteiger partial charge < -0.3 is 11.5 Å². The molecule has 0 radical (unpaired) electrons. The van der Waals surface area contributed by atoms with Gasteiger partial charge in [-0.1, -0.05) is 46.4 Å². The van der Waals surface area contributed by atoms with Gasteiger partial charge in [0.1, 0.15) is 0 Å². The zero-order chi connectivity index (χ0) is 13.7. The van der Waals surface area contributed by atoms with Crippen LogP contribution in [0.3, 0.4) is 0 Å². The molecule has 0 aliphatic rings. The van der Waals surface area contributed by atoms with Crippen molar-refractivity contribution in [3.8, 4) is 0 Å². The van der Waals surface area contributed by atoms with E-state index in [0.717, 1.165) is 0 Å². The van der Waals surface area contributed by atoms with E-state index in [-0.39, 0.29) is 0 Å². The summed E-state index contributed by atoms with van der Waals surface area (Å²) in [4.78, 5) is 0. The van der Waals surface area contributed by atoms with Crippen molar-refractivity contribution in [3.05, 3.63) is 56.5 Å². The van der Waals surface area contributed by atoms with Crippen molar-refractivity contribution in [2.45, 2.75) is 0 Å². The molecule has 2 aromatic rings. The third kappa shape index (κ3) is 4.83. The second kappa shape index (κ2) is 6.95. The highest BCUT2D eigenvalue weighted by Crippen LogP contribution is 2.23. The molecule has 6 heteroatoms. The summed E-state index contributed by atoms with van der Waals surface area (Å²) in [7, 11) is 0. The minimum absolute atomic E-state index is 0.497. The molecule has 2 nitrogen and oxygen atoms in total. The van der Waals surface area contributed by atoms with Gasteiger partial charge >= 0.3 is 0 Å². The van der Waals surface area contributed by atoms with Gasteiger partial charge in [-0.2, -0.15) is 0 Å². The molecule has 96 valence electrons. The Bertz CT molecular complexity index is 494. The summed E-state index contributed by atoms with van der Waals surface area (Å²) >= 11 is 22.4. The lowest BCUT2D eigenvalue weighted by Gasteiger charge is -1.94. The first-order chi connectivity index (χ1) is 8.40. The standard InChI is InChI=1S/2C6H5Cl2N/c7-4-1-2-6(9)5(8)3-4;7-5-2-1-4(9)3-6(5)8/h2*1-3H,9H2. The van der Waals surface area contributed by atoms with Gasteiger partial charge in [-0.3, -0.25) is 0 Å². The van der Waals surface area contributed by atoms with E-state index >= 15 is 0 Å². The fraction of sp³-hybridized carbons (Fsp3) is 0. The van der Waals surface area contributed by atoms with Crippen molar-refractivity contribution in [2.75, 3.05) is 11.5 Å². The number of hydrogen-bond acceptors (Lipinski definition) is 2. The number of hydrogen-bond donors (Lipinski definition) is 2. The number of rotatable bonds is 0. The molecule has 0 saturated carbocycles. The summed E-state index contributed by atoms with van der Waals surface area (Å²) in [6.45, 7) is 0. The van der Waals surface area contributed by atoms with Gasteiger partial charge in [0.2, 0.25) is 0 Å². The summed E-state index contributed by atoms with van der Waals surface area (Å²) in [5.74, 6) is 0. The van der Waals surface area contributed by atoms with E-state index in [1.54, 1.807) is 36.4 Å². The molecular weight excluding hydrogens is 314 g/mol. The van der Waals surface area contributed by atoms with Crippen molar-refractivity contribution in [1.29, 1.82) is 0 Å². The van der Waals surface area contributed by atoms with E-state index in [0.29, 0.717) is 31.5 Å². The zero-order valence-corrected chi connectivity index (χ0v) is 12.2. The molecule has 0 saturated heterocycles. The van der Waals surface area contributed by atoms with E-state index in [4.69, 9.17) is 57.9 Å². The molecule has 0 aliphatic carbocycles. The van der Waals surface area contributed by atoms with Crippen LogP contribution in [0.15, 0.2) is 36.4 Å². The summed E-state index contributed by atoms with van der Waals surface area (Å²) in [6.07, 6.45) is 0. The maximum atomic E-state index is 5.60. The van der Waals surface area contributed by atoms with Crippen molar-refractivity contribution in [1.82, 2.24) is 0 Å². The Morgan fingerprint density at radius 3 is 1.78 bits per heavy atom. The molecule has 0 atom stereocenters. The maximum absolute atomic E-state index is 5.60. The number of anilines is 2. The Kier molecular flexibility index (Phi) is 5.89. The molecule has 0 fully saturated rings. The Balaban J connectivity index is 0.000000180. The highest BCUT2D eigenvalue weighted by molar-refractivity contribution is 6.42. The van der Waals surface area contributed by atoms with Crippen molar-refractivity contribution < 1.29 is 0 Å². The van der Waals surface area contributed by atoms with Crippen LogP contribution in [-0.4, -0.2) is 0 Å². The van der Waals surface area contributed by atoms with Crippen LogP contribution in [0.2, 0.25) is 20.1 Å². The van der Waals surface area contributed by atoms with Crippen LogP contribution in [0.4, 0.5) is 11.4 Å². The molecule has 2 aromatic carbocycles. The third-order valence-corrected chi connectivity index (χ3v) is 3.21. The SMILES string of the molecule is Nc1ccc(Cl)c(Cl)c1.Nc1ccc(Cl)cc1Cl. The molecule has 2 rings (SSSR count). The Labute approximate surface area is 125 Å². The van der Waals surface area contributed by atoms with Gasteiger partial charge in [0.25, 0.3) is 0 Å². The molecule has 0 amide bonds.